The van der Waals surface area contributed by atoms with Gasteiger partial charge in [0.25, 0.3) is 0 Å². The van der Waals surface area contributed by atoms with E-state index in [0.717, 1.165) is 29.0 Å². The highest BCUT2D eigenvalue weighted by Gasteiger charge is 2.30. The van der Waals surface area contributed by atoms with Crippen LogP contribution >= 0.6 is 11.8 Å². The molecule has 0 radical (unpaired) electrons. The average Bonchev–Trinajstić information content (AvgIpc) is 3.15. The number of hydrogen-bond donors (Lipinski definition) is 1. The van der Waals surface area contributed by atoms with Gasteiger partial charge in [0.1, 0.15) is 0 Å². The van der Waals surface area contributed by atoms with E-state index in [1.165, 1.54) is 12.1 Å². The van der Waals surface area contributed by atoms with Gasteiger partial charge in [-0.05, 0) is 36.2 Å². The van der Waals surface area contributed by atoms with E-state index in [0.29, 0.717) is 29.0 Å². The summed E-state index contributed by atoms with van der Waals surface area (Å²) in [4.78, 5) is 12.9. The molecule has 28 heavy (non-hydrogen) atoms. The van der Waals surface area contributed by atoms with Crippen molar-refractivity contribution in [3.8, 4) is 11.3 Å². The lowest BCUT2D eigenvalue weighted by atomic mass is 10.1. The highest BCUT2D eigenvalue weighted by atomic mass is 32.2. The molecule has 1 heterocycles. The van der Waals surface area contributed by atoms with E-state index in [4.69, 9.17) is 0 Å². The molecule has 0 aliphatic rings. The highest BCUT2D eigenvalue weighted by Crippen LogP contribution is 2.32. The van der Waals surface area contributed by atoms with Gasteiger partial charge in [-0.25, -0.2) is 0 Å². The topological polar surface area (TPSA) is 45.8 Å². The van der Waals surface area contributed by atoms with Crippen molar-refractivity contribution in [2.45, 2.75) is 36.6 Å². The lowest BCUT2D eigenvalue weighted by Crippen LogP contribution is -2.04. The van der Waals surface area contributed by atoms with Gasteiger partial charge in [-0.1, -0.05) is 31.2 Å². The molecule has 3 aromatic rings. The van der Waals surface area contributed by atoms with Crippen LogP contribution in [0.15, 0.2) is 59.6 Å². The Bertz CT molecular complexity index is 932. The zero-order valence-corrected chi connectivity index (χ0v) is 16.0. The third kappa shape index (κ3) is 4.84. The fraction of sp³-hybridized carbons (Fsp3) is 0.238. The molecule has 0 atom stereocenters. The Morgan fingerprint density at radius 2 is 1.75 bits per heavy atom. The quantitative estimate of drug-likeness (QED) is 0.368. The number of alkyl halides is 3. The van der Waals surface area contributed by atoms with Gasteiger partial charge in [0.05, 0.1) is 17.5 Å². The minimum atomic E-state index is -4.35. The highest BCUT2D eigenvalue weighted by molar-refractivity contribution is 7.98. The van der Waals surface area contributed by atoms with Crippen LogP contribution in [0.1, 0.15) is 41.3 Å². The van der Waals surface area contributed by atoms with Gasteiger partial charge in [0.2, 0.25) is 0 Å². The monoisotopic (exact) mass is 404 g/mol. The summed E-state index contributed by atoms with van der Waals surface area (Å²) in [5.41, 5.74) is 2.29. The van der Waals surface area contributed by atoms with Crippen LogP contribution in [0.25, 0.3) is 11.3 Å². The van der Waals surface area contributed by atoms with Crippen LogP contribution < -0.4 is 0 Å². The number of thioether (sulfide) groups is 1. The Labute approximate surface area is 165 Å². The summed E-state index contributed by atoms with van der Waals surface area (Å²) >= 11 is 1.58. The van der Waals surface area contributed by atoms with Crippen LogP contribution in [0.4, 0.5) is 13.2 Å². The smallest absolute Gasteiger partial charge is 0.294 e. The zero-order chi connectivity index (χ0) is 20.1. The van der Waals surface area contributed by atoms with E-state index in [9.17, 15) is 18.0 Å². The molecule has 3 rings (SSSR count). The third-order valence-electron chi connectivity index (χ3n) is 4.27. The summed E-state index contributed by atoms with van der Waals surface area (Å²) in [6.07, 6.45) is -1.31. The number of Topliss-reactive ketones (excluding diaryl/α,β-unsaturated/α-hetero) is 1. The van der Waals surface area contributed by atoms with Crippen LogP contribution in [0.2, 0.25) is 0 Å². The second-order valence-corrected chi connectivity index (χ2v) is 7.38. The number of rotatable bonds is 7. The predicted octanol–water partition coefficient (Wildman–Crippen LogP) is 6.37. The first kappa shape index (κ1) is 20.2. The minimum absolute atomic E-state index is 0.137. The summed E-state index contributed by atoms with van der Waals surface area (Å²) in [6.45, 7) is 1.97. The van der Waals surface area contributed by atoms with Gasteiger partial charge >= 0.3 is 6.18 Å². The molecule has 0 aliphatic carbocycles. The van der Waals surface area contributed by atoms with Gasteiger partial charge in [0.15, 0.2) is 5.78 Å². The number of carbonyl (C=O) groups excluding carboxylic acids is 1. The Balaban J connectivity index is 1.68. The summed E-state index contributed by atoms with van der Waals surface area (Å²) in [5.74, 6) is 0.744. The number of hydrogen-bond acceptors (Lipinski definition) is 3. The molecule has 0 bridgehead atoms. The van der Waals surface area contributed by atoms with Crippen molar-refractivity contribution in [1.82, 2.24) is 10.2 Å². The number of benzene rings is 2. The molecular weight excluding hydrogens is 385 g/mol. The van der Waals surface area contributed by atoms with Crippen molar-refractivity contribution in [2.75, 3.05) is 0 Å². The molecule has 0 saturated carbocycles. The van der Waals surface area contributed by atoms with Crippen LogP contribution in [-0.4, -0.2) is 16.0 Å². The van der Waals surface area contributed by atoms with Crippen molar-refractivity contribution in [1.29, 1.82) is 0 Å². The van der Waals surface area contributed by atoms with E-state index >= 15 is 0 Å². The first-order chi connectivity index (χ1) is 13.4. The molecule has 1 aromatic heterocycles. The molecule has 0 aliphatic heterocycles. The number of carbonyl (C=O) groups is 1. The molecule has 0 saturated heterocycles. The maximum atomic E-state index is 12.7. The SMILES string of the molecule is CCCC(=O)c1ccc(SCc2cn[nH]c2-c2ccc(C(F)(F)F)cc2)cc1. The van der Waals surface area contributed by atoms with Gasteiger partial charge in [-0.2, -0.15) is 18.3 Å². The Morgan fingerprint density at radius 3 is 2.36 bits per heavy atom. The fourth-order valence-corrected chi connectivity index (χ4v) is 3.64. The number of aromatic nitrogens is 2. The van der Waals surface area contributed by atoms with Crippen molar-refractivity contribution < 1.29 is 18.0 Å². The average molecular weight is 404 g/mol. The standard InChI is InChI=1S/C21H19F3N2OS/c1-2-3-19(27)14-6-10-18(11-7-14)28-13-16-12-25-26-20(16)15-4-8-17(9-5-15)21(22,23)24/h4-12H,2-3,13H2,1H3,(H,25,26). The van der Waals surface area contributed by atoms with Gasteiger partial charge in [-0.3, -0.25) is 9.89 Å². The lowest BCUT2D eigenvalue weighted by Gasteiger charge is -2.08. The number of nitrogens with zero attached hydrogens (tertiary/aromatic N) is 1. The van der Waals surface area contributed by atoms with E-state index in [1.807, 2.05) is 31.2 Å². The van der Waals surface area contributed by atoms with Crippen molar-refractivity contribution in [3.63, 3.8) is 0 Å². The molecule has 0 fully saturated rings. The molecule has 1 N–H and O–H groups in total. The number of ketones is 1. The third-order valence-corrected chi connectivity index (χ3v) is 5.33. The maximum absolute atomic E-state index is 12.7. The zero-order valence-electron chi connectivity index (χ0n) is 15.2. The largest absolute Gasteiger partial charge is 0.416 e. The summed E-state index contributed by atoms with van der Waals surface area (Å²) in [7, 11) is 0. The van der Waals surface area contributed by atoms with Gasteiger partial charge in [-0.15, -0.1) is 11.8 Å². The van der Waals surface area contributed by atoms with E-state index in [1.54, 1.807) is 18.0 Å². The normalized spacial score (nSPS) is 11.6. The minimum Gasteiger partial charge on any atom is -0.294 e. The molecule has 3 nitrogen and oxygen atoms in total. The van der Waals surface area contributed by atoms with Crippen molar-refractivity contribution in [3.05, 3.63) is 71.4 Å². The predicted molar refractivity (Wildman–Crippen MR) is 104 cm³/mol. The Hall–Kier alpha value is -2.54. The van der Waals surface area contributed by atoms with Crippen LogP contribution in [0.5, 0.6) is 0 Å². The Morgan fingerprint density at radius 1 is 1.07 bits per heavy atom. The summed E-state index contributed by atoms with van der Waals surface area (Å²) < 4.78 is 38.2. The summed E-state index contributed by atoms with van der Waals surface area (Å²) in [5, 5.41) is 6.90. The second-order valence-electron chi connectivity index (χ2n) is 6.33. The molecular formula is C21H19F3N2OS. The van der Waals surface area contributed by atoms with Crippen molar-refractivity contribution >= 4 is 17.5 Å². The molecule has 7 heteroatoms. The first-order valence-corrected chi connectivity index (χ1v) is 9.83. The fourth-order valence-electron chi connectivity index (χ4n) is 2.77. The van der Waals surface area contributed by atoms with E-state index in [2.05, 4.69) is 10.2 Å². The molecule has 146 valence electrons. The number of halogens is 3. The second kappa shape index (κ2) is 8.65. The van der Waals surface area contributed by atoms with E-state index in [-0.39, 0.29) is 5.78 Å². The molecule has 0 amide bonds. The van der Waals surface area contributed by atoms with Gasteiger partial charge < -0.3 is 0 Å². The van der Waals surface area contributed by atoms with Crippen LogP contribution in [0, 0.1) is 0 Å². The Kier molecular flexibility index (Phi) is 6.24. The summed E-state index contributed by atoms with van der Waals surface area (Å²) in [6, 6.07) is 12.5. The van der Waals surface area contributed by atoms with Crippen molar-refractivity contribution in [2.24, 2.45) is 0 Å². The number of H-pyrrole nitrogens is 1. The van der Waals surface area contributed by atoms with E-state index < -0.39 is 11.7 Å². The van der Waals surface area contributed by atoms with Gasteiger partial charge in [0, 0.05) is 28.2 Å². The molecule has 0 spiro atoms. The number of nitrogens with one attached hydrogen (secondary N) is 1. The maximum Gasteiger partial charge on any atom is 0.416 e. The van der Waals surface area contributed by atoms with Crippen LogP contribution in [-0.2, 0) is 11.9 Å². The first-order valence-electron chi connectivity index (χ1n) is 8.84. The molecule has 2 aromatic carbocycles. The molecule has 0 unspecified atom stereocenters. The lowest BCUT2D eigenvalue weighted by molar-refractivity contribution is -0.137. The van der Waals surface area contributed by atoms with Crippen LogP contribution in [0.3, 0.4) is 0 Å². The number of aromatic amines is 1.